The van der Waals surface area contributed by atoms with Crippen molar-refractivity contribution < 1.29 is 4.74 Å². The first kappa shape index (κ1) is 16.4. The van der Waals surface area contributed by atoms with Crippen molar-refractivity contribution in [1.29, 1.82) is 0 Å². The minimum Gasteiger partial charge on any atom is -0.493 e. The van der Waals surface area contributed by atoms with E-state index in [1.807, 2.05) is 0 Å². The van der Waals surface area contributed by atoms with Crippen molar-refractivity contribution >= 4 is 0 Å². The van der Waals surface area contributed by atoms with Crippen molar-refractivity contribution in [3.05, 3.63) is 29.3 Å². The molecule has 1 aromatic rings. The number of hydrogen-bond acceptors (Lipinski definition) is 2. The van der Waals surface area contributed by atoms with Crippen molar-refractivity contribution in [2.75, 3.05) is 13.2 Å². The van der Waals surface area contributed by atoms with Gasteiger partial charge in [0.05, 0.1) is 6.61 Å². The molecule has 1 N–H and O–H groups in total. The topological polar surface area (TPSA) is 21.3 Å². The summed E-state index contributed by atoms with van der Waals surface area (Å²) in [4.78, 5) is 0. The Morgan fingerprint density at radius 1 is 1.19 bits per heavy atom. The molecule has 0 bridgehead atoms. The summed E-state index contributed by atoms with van der Waals surface area (Å²) in [7, 11) is 0. The largest absolute Gasteiger partial charge is 0.493 e. The summed E-state index contributed by atoms with van der Waals surface area (Å²) in [5, 5.41) is 3.72. The van der Waals surface area contributed by atoms with Crippen LogP contribution in [-0.4, -0.2) is 19.2 Å². The molecule has 1 aliphatic rings. The Bertz CT molecular complexity index is 428. The van der Waals surface area contributed by atoms with Crippen LogP contribution in [0.2, 0.25) is 0 Å². The first-order valence-electron chi connectivity index (χ1n) is 8.67. The van der Waals surface area contributed by atoms with E-state index in [0.717, 1.165) is 31.2 Å². The monoisotopic (exact) mass is 289 g/mol. The van der Waals surface area contributed by atoms with E-state index < -0.39 is 0 Å². The van der Waals surface area contributed by atoms with Gasteiger partial charge in [0.25, 0.3) is 0 Å². The minimum atomic E-state index is 0.664. The highest BCUT2D eigenvalue weighted by Crippen LogP contribution is 2.26. The Balaban J connectivity index is 1.84. The van der Waals surface area contributed by atoms with E-state index in [9.17, 15) is 0 Å². The molecule has 0 fully saturated rings. The van der Waals surface area contributed by atoms with Crippen LogP contribution < -0.4 is 10.1 Å². The molecular formula is C19H31NO. The summed E-state index contributed by atoms with van der Waals surface area (Å²) >= 11 is 0. The molecule has 2 nitrogen and oxygen atoms in total. The van der Waals surface area contributed by atoms with Gasteiger partial charge in [-0.25, -0.2) is 0 Å². The molecule has 1 heterocycles. The lowest BCUT2D eigenvalue weighted by molar-refractivity contribution is 0.357. The van der Waals surface area contributed by atoms with Crippen molar-refractivity contribution in [1.82, 2.24) is 5.32 Å². The fourth-order valence-electron chi connectivity index (χ4n) is 2.97. The Labute approximate surface area is 130 Å². The normalized spacial score (nSPS) is 15.0. The third-order valence-corrected chi connectivity index (χ3v) is 4.31. The zero-order chi connectivity index (χ0) is 15.1. The molecule has 1 aliphatic heterocycles. The quantitative estimate of drug-likeness (QED) is 0.729. The van der Waals surface area contributed by atoms with Crippen LogP contribution in [0.3, 0.4) is 0 Å². The van der Waals surface area contributed by atoms with E-state index in [1.165, 1.54) is 43.2 Å². The Kier molecular flexibility index (Phi) is 6.56. The van der Waals surface area contributed by atoms with E-state index in [4.69, 9.17) is 4.74 Å². The number of ether oxygens (including phenoxy) is 1. The minimum absolute atomic E-state index is 0.664. The second-order valence-electron chi connectivity index (χ2n) is 6.70. The van der Waals surface area contributed by atoms with Crippen LogP contribution in [0.15, 0.2) is 18.2 Å². The van der Waals surface area contributed by atoms with Crippen molar-refractivity contribution in [3.63, 3.8) is 0 Å². The molecule has 21 heavy (non-hydrogen) atoms. The van der Waals surface area contributed by atoms with Crippen LogP contribution in [0.25, 0.3) is 0 Å². The average Bonchev–Trinajstić information content (AvgIpc) is 2.93. The van der Waals surface area contributed by atoms with Crippen LogP contribution in [0, 0.1) is 5.92 Å². The molecule has 0 aromatic heterocycles. The van der Waals surface area contributed by atoms with Crippen LogP contribution in [0.5, 0.6) is 5.75 Å². The highest BCUT2D eigenvalue weighted by atomic mass is 16.5. The Hall–Kier alpha value is -1.02. The van der Waals surface area contributed by atoms with Gasteiger partial charge < -0.3 is 10.1 Å². The third kappa shape index (κ3) is 5.35. The lowest BCUT2D eigenvalue weighted by Crippen LogP contribution is -2.30. The molecule has 0 saturated heterocycles. The maximum Gasteiger partial charge on any atom is 0.122 e. The van der Waals surface area contributed by atoms with E-state index in [1.54, 1.807) is 0 Å². The maximum atomic E-state index is 5.58. The zero-order valence-electron chi connectivity index (χ0n) is 14.0. The third-order valence-electron chi connectivity index (χ3n) is 4.31. The number of aryl methyl sites for hydroxylation is 1. The summed E-state index contributed by atoms with van der Waals surface area (Å²) < 4.78 is 5.58. The summed E-state index contributed by atoms with van der Waals surface area (Å²) in [6.45, 7) is 8.87. The van der Waals surface area contributed by atoms with Crippen LogP contribution >= 0.6 is 0 Å². The van der Waals surface area contributed by atoms with Gasteiger partial charge in [-0.3, -0.25) is 0 Å². The highest BCUT2D eigenvalue weighted by molar-refractivity contribution is 5.39. The lowest BCUT2D eigenvalue weighted by atomic mass is 9.97. The van der Waals surface area contributed by atoms with E-state index in [-0.39, 0.29) is 0 Å². The molecule has 118 valence electrons. The molecule has 0 saturated carbocycles. The molecule has 2 rings (SSSR count). The Morgan fingerprint density at radius 2 is 2.05 bits per heavy atom. The van der Waals surface area contributed by atoms with Crippen molar-refractivity contribution in [3.8, 4) is 5.75 Å². The van der Waals surface area contributed by atoms with Gasteiger partial charge in [0.15, 0.2) is 0 Å². The molecular weight excluding hydrogens is 258 g/mol. The molecule has 1 atom stereocenters. The van der Waals surface area contributed by atoms with Gasteiger partial charge in [0, 0.05) is 12.5 Å². The van der Waals surface area contributed by atoms with Crippen molar-refractivity contribution in [2.24, 2.45) is 5.92 Å². The second kappa shape index (κ2) is 8.43. The van der Waals surface area contributed by atoms with Gasteiger partial charge in [0.2, 0.25) is 0 Å². The van der Waals surface area contributed by atoms with E-state index in [0.29, 0.717) is 6.04 Å². The van der Waals surface area contributed by atoms with E-state index in [2.05, 4.69) is 44.3 Å². The summed E-state index contributed by atoms with van der Waals surface area (Å²) in [5.74, 6) is 1.90. The SMILES string of the molecule is CCCNC(CCc1ccc2c(c1)CCO2)CCC(C)C. The van der Waals surface area contributed by atoms with Gasteiger partial charge in [-0.1, -0.05) is 32.9 Å². The van der Waals surface area contributed by atoms with Gasteiger partial charge in [-0.05, 0) is 61.8 Å². The Morgan fingerprint density at radius 3 is 2.81 bits per heavy atom. The highest BCUT2D eigenvalue weighted by Gasteiger charge is 2.13. The maximum absolute atomic E-state index is 5.58. The van der Waals surface area contributed by atoms with Gasteiger partial charge in [0.1, 0.15) is 5.75 Å². The van der Waals surface area contributed by atoms with Crippen LogP contribution in [-0.2, 0) is 12.8 Å². The molecule has 1 aromatic carbocycles. The van der Waals surface area contributed by atoms with Gasteiger partial charge >= 0.3 is 0 Å². The van der Waals surface area contributed by atoms with Crippen LogP contribution in [0.1, 0.15) is 57.6 Å². The first-order chi connectivity index (χ1) is 10.2. The summed E-state index contributed by atoms with van der Waals surface area (Å²) in [6.07, 6.45) is 7.33. The number of benzene rings is 1. The fraction of sp³-hybridized carbons (Fsp3) is 0.684. The molecule has 0 spiro atoms. The lowest BCUT2D eigenvalue weighted by Gasteiger charge is -2.19. The molecule has 2 heteroatoms. The number of fused-ring (bicyclic) bond motifs is 1. The molecule has 0 amide bonds. The first-order valence-corrected chi connectivity index (χ1v) is 8.67. The molecule has 0 aliphatic carbocycles. The van der Waals surface area contributed by atoms with Crippen LogP contribution in [0.4, 0.5) is 0 Å². The second-order valence-corrected chi connectivity index (χ2v) is 6.70. The van der Waals surface area contributed by atoms with Gasteiger partial charge in [-0.2, -0.15) is 0 Å². The molecule has 0 radical (unpaired) electrons. The van der Waals surface area contributed by atoms with Crippen molar-refractivity contribution in [2.45, 2.75) is 65.3 Å². The predicted molar refractivity (Wildman–Crippen MR) is 90.1 cm³/mol. The number of nitrogens with one attached hydrogen (secondary N) is 1. The zero-order valence-corrected chi connectivity index (χ0v) is 14.0. The summed E-state index contributed by atoms with van der Waals surface area (Å²) in [6, 6.07) is 7.41. The standard InChI is InChI=1S/C19H31NO/c1-4-12-20-18(8-5-15(2)3)9-6-16-7-10-19-17(14-16)11-13-21-19/h7,10,14-15,18,20H,4-6,8-9,11-13H2,1-3H3. The number of hydrogen-bond donors (Lipinski definition) is 1. The number of rotatable bonds is 9. The molecule has 1 unspecified atom stereocenters. The smallest absolute Gasteiger partial charge is 0.122 e. The van der Waals surface area contributed by atoms with E-state index >= 15 is 0 Å². The summed E-state index contributed by atoms with van der Waals surface area (Å²) in [5.41, 5.74) is 2.86. The average molecular weight is 289 g/mol. The fourth-order valence-corrected chi connectivity index (χ4v) is 2.97. The predicted octanol–water partition coefficient (Wildman–Crippen LogP) is 4.36. The van der Waals surface area contributed by atoms with Gasteiger partial charge in [-0.15, -0.1) is 0 Å².